The SMILES string of the molecule is Cc1c(CNC(=O)Nc2cnc(N3CC(C(N)=O)C3)nc2)oc2c(F)cc(F)cc12. The maximum atomic E-state index is 13.8. The van der Waals surface area contributed by atoms with E-state index in [-0.39, 0.29) is 24.0 Å². The van der Waals surface area contributed by atoms with Gasteiger partial charge in [0.1, 0.15) is 11.6 Å². The van der Waals surface area contributed by atoms with Crippen LogP contribution in [0.5, 0.6) is 0 Å². The number of nitrogens with zero attached hydrogens (tertiary/aromatic N) is 3. The Hall–Kier alpha value is -3.76. The highest BCUT2D eigenvalue weighted by Crippen LogP contribution is 2.28. The standard InChI is InChI=1S/C19H18F2N6O3/c1-9-13-2-11(20)3-14(21)16(13)30-15(9)6-25-19(29)26-12-4-23-18(24-5-12)27-7-10(8-27)17(22)28/h2-5,10H,6-8H2,1H3,(H2,22,28)(H2,25,26,29). The van der Waals surface area contributed by atoms with Gasteiger partial charge in [0.05, 0.1) is 30.5 Å². The van der Waals surface area contributed by atoms with Crippen LogP contribution in [0.2, 0.25) is 0 Å². The summed E-state index contributed by atoms with van der Waals surface area (Å²) in [5.74, 6) is -1.31. The summed E-state index contributed by atoms with van der Waals surface area (Å²) in [5.41, 5.74) is 6.07. The Morgan fingerprint density at radius 1 is 1.27 bits per heavy atom. The zero-order valence-electron chi connectivity index (χ0n) is 15.9. The summed E-state index contributed by atoms with van der Waals surface area (Å²) >= 11 is 0. The molecule has 3 heterocycles. The number of hydrogen-bond acceptors (Lipinski definition) is 6. The van der Waals surface area contributed by atoms with E-state index >= 15 is 0 Å². The van der Waals surface area contributed by atoms with Crippen LogP contribution >= 0.6 is 0 Å². The minimum absolute atomic E-state index is 0.0192. The maximum Gasteiger partial charge on any atom is 0.319 e. The number of fused-ring (bicyclic) bond motifs is 1. The van der Waals surface area contributed by atoms with E-state index in [1.54, 1.807) is 11.8 Å². The van der Waals surface area contributed by atoms with Gasteiger partial charge in [-0.3, -0.25) is 4.79 Å². The fraction of sp³-hybridized carbons (Fsp3) is 0.263. The number of urea groups is 1. The van der Waals surface area contributed by atoms with Crippen LogP contribution in [0.3, 0.4) is 0 Å². The van der Waals surface area contributed by atoms with Gasteiger partial charge in [0.15, 0.2) is 11.4 Å². The summed E-state index contributed by atoms with van der Waals surface area (Å²) in [6.07, 6.45) is 2.87. The highest BCUT2D eigenvalue weighted by Gasteiger charge is 2.32. The molecular weight excluding hydrogens is 398 g/mol. The number of carbonyl (C=O) groups excluding carboxylic acids is 2. The van der Waals surface area contributed by atoms with E-state index < -0.39 is 17.7 Å². The molecule has 0 atom stereocenters. The first-order chi connectivity index (χ1) is 14.3. The van der Waals surface area contributed by atoms with E-state index in [9.17, 15) is 18.4 Å². The van der Waals surface area contributed by atoms with Crippen molar-refractivity contribution in [2.24, 2.45) is 11.7 Å². The first kappa shape index (κ1) is 19.6. The predicted molar refractivity (Wildman–Crippen MR) is 104 cm³/mol. The van der Waals surface area contributed by atoms with Gasteiger partial charge >= 0.3 is 6.03 Å². The van der Waals surface area contributed by atoms with Crippen LogP contribution in [0, 0.1) is 24.5 Å². The number of aryl methyl sites for hydroxylation is 1. The summed E-state index contributed by atoms with van der Waals surface area (Å²) in [4.78, 5) is 33.3. The molecule has 0 radical (unpaired) electrons. The molecule has 1 aromatic carbocycles. The summed E-state index contributed by atoms with van der Waals surface area (Å²) in [5, 5.41) is 5.47. The summed E-state index contributed by atoms with van der Waals surface area (Å²) < 4.78 is 32.7. The molecule has 1 saturated heterocycles. The highest BCUT2D eigenvalue weighted by atomic mass is 19.1. The van der Waals surface area contributed by atoms with Gasteiger partial charge in [-0.15, -0.1) is 0 Å². The molecule has 1 aliphatic rings. The molecule has 3 aromatic rings. The van der Waals surface area contributed by atoms with E-state index in [1.165, 1.54) is 18.5 Å². The number of carbonyl (C=O) groups is 2. The lowest BCUT2D eigenvalue weighted by atomic mass is 10.0. The zero-order chi connectivity index (χ0) is 21.4. The first-order valence-electron chi connectivity index (χ1n) is 9.10. The van der Waals surface area contributed by atoms with Crippen molar-refractivity contribution in [1.82, 2.24) is 15.3 Å². The van der Waals surface area contributed by atoms with Gasteiger partial charge in [-0.25, -0.2) is 23.5 Å². The van der Waals surface area contributed by atoms with Gasteiger partial charge in [0.2, 0.25) is 11.9 Å². The number of rotatable bonds is 5. The van der Waals surface area contributed by atoms with Crippen LogP contribution in [0.4, 0.5) is 25.2 Å². The van der Waals surface area contributed by atoms with Crippen LogP contribution in [-0.2, 0) is 11.3 Å². The fourth-order valence-corrected chi connectivity index (χ4v) is 3.17. The van der Waals surface area contributed by atoms with E-state index in [4.69, 9.17) is 10.2 Å². The largest absolute Gasteiger partial charge is 0.456 e. The van der Waals surface area contributed by atoms with Crippen LogP contribution in [0.1, 0.15) is 11.3 Å². The fourth-order valence-electron chi connectivity index (χ4n) is 3.17. The second kappa shape index (κ2) is 7.58. The Balaban J connectivity index is 1.34. The maximum absolute atomic E-state index is 13.8. The van der Waals surface area contributed by atoms with E-state index in [2.05, 4.69) is 20.6 Å². The summed E-state index contributed by atoms with van der Waals surface area (Å²) in [7, 11) is 0. The zero-order valence-corrected chi connectivity index (χ0v) is 15.9. The van der Waals surface area contributed by atoms with Crippen molar-refractivity contribution in [2.45, 2.75) is 13.5 Å². The number of nitrogens with two attached hydrogens (primary N) is 1. The number of furan rings is 1. The molecule has 0 saturated carbocycles. The molecular formula is C19H18F2N6O3. The van der Waals surface area contributed by atoms with Gasteiger partial charge in [-0.2, -0.15) is 0 Å². The van der Waals surface area contributed by atoms with Gasteiger partial charge in [-0.1, -0.05) is 0 Å². The van der Waals surface area contributed by atoms with Crippen LogP contribution in [0.25, 0.3) is 11.0 Å². The molecule has 1 fully saturated rings. The number of benzene rings is 1. The van der Waals surface area contributed by atoms with Crippen molar-refractivity contribution in [2.75, 3.05) is 23.3 Å². The number of primary amides is 1. The lowest BCUT2D eigenvalue weighted by Gasteiger charge is -2.37. The quantitative estimate of drug-likeness (QED) is 0.584. The average molecular weight is 416 g/mol. The molecule has 4 N–H and O–H groups in total. The van der Waals surface area contributed by atoms with Crippen LogP contribution in [-0.4, -0.2) is 35.0 Å². The number of hydrogen-bond donors (Lipinski definition) is 3. The van der Waals surface area contributed by atoms with Crippen molar-refractivity contribution in [3.05, 3.63) is 47.5 Å². The number of nitrogens with one attached hydrogen (secondary N) is 2. The smallest absolute Gasteiger partial charge is 0.319 e. The molecule has 0 aliphatic carbocycles. The molecule has 0 unspecified atom stereocenters. The van der Waals surface area contributed by atoms with Crippen molar-refractivity contribution >= 4 is 34.5 Å². The lowest BCUT2D eigenvalue weighted by Crippen LogP contribution is -2.53. The highest BCUT2D eigenvalue weighted by molar-refractivity contribution is 5.89. The average Bonchev–Trinajstić information content (AvgIpc) is 2.96. The van der Waals surface area contributed by atoms with Gasteiger partial charge in [0, 0.05) is 30.1 Å². The molecule has 9 nitrogen and oxygen atoms in total. The van der Waals surface area contributed by atoms with Gasteiger partial charge in [-0.05, 0) is 13.0 Å². The van der Waals surface area contributed by atoms with Gasteiger partial charge < -0.3 is 25.7 Å². The van der Waals surface area contributed by atoms with Crippen LogP contribution in [0.15, 0.2) is 28.9 Å². The Morgan fingerprint density at radius 3 is 2.63 bits per heavy atom. The first-order valence-corrected chi connectivity index (χ1v) is 9.10. The number of amides is 3. The second-order valence-electron chi connectivity index (χ2n) is 7.00. The molecule has 0 spiro atoms. The van der Waals surface area contributed by atoms with E-state index in [0.29, 0.717) is 41.4 Å². The third kappa shape index (κ3) is 3.73. The predicted octanol–water partition coefficient (Wildman–Crippen LogP) is 2.05. The minimum atomic E-state index is -0.801. The number of anilines is 2. The van der Waals surface area contributed by atoms with E-state index in [1.807, 2.05) is 0 Å². The summed E-state index contributed by atoms with van der Waals surface area (Å²) in [6, 6.07) is 1.38. The Morgan fingerprint density at radius 2 is 1.97 bits per heavy atom. The van der Waals surface area contributed by atoms with Crippen molar-refractivity contribution in [1.29, 1.82) is 0 Å². The molecule has 156 valence electrons. The second-order valence-corrected chi connectivity index (χ2v) is 7.00. The molecule has 0 bridgehead atoms. The number of aromatic nitrogens is 2. The van der Waals surface area contributed by atoms with Gasteiger partial charge in [0.25, 0.3) is 0 Å². The molecule has 30 heavy (non-hydrogen) atoms. The topological polar surface area (TPSA) is 126 Å². The number of halogens is 2. The summed E-state index contributed by atoms with van der Waals surface area (Å²) in [6.45, 7) is 2.56. The molecule has 11 heteroatoms. The van der Waals surface area contributed by atoms with Crippen molar-refractivity contribution in [3.8, 4) is 0 Å². The Bertz CT molecular complexity index is 1130. The van der Waals surface area contributed by atoms with Crippen LogP contribution < -0.4 is 21.3 Å². The molecule has 2 aromatic heterocycles. The minimum Gasteiger partial charge on any atom is -0.456 e. The Kier molecular flexibility index (Phi) is 4.94. The third-order valence-electron chi connectivity index (χ3n) is 4.93. The van der Waals surface area contributed by atoms with E-state index in [0.717, 1.165) is 6.07 Å². The molecule has 3 amide bonds. The lowest BCUT2D eigenvalue weighted by molar-refractivity contribution is -0.122. The van der Waals surface area contributed by atoms with Crippen molar-refractivity contribution < 1.29 is 22.8 Å². The molecule has 4 rings (SSSR count). The van der Waals surface area contributed by atoms with Crippen molar-refractivity contribution in [3.63, 3.8) is 0 Å². The normalized spacial score (nSPS) is 13.9. The molecule has 1 aliphatic heterocycles. The monoisotopic (exact) mass is 416 g/mol. The third-order valence-corrected chi connectivity index (χ3v) is 4.93. The Labute approximate surface area is 169 Å².